The number of fused-ring (bicyclic) bond motifs is 2. The van der Waals surface area contributed by atoms with Crippen LogP contribution in [0.4, 0.5) is 0 Å². The molecule has 0 saturated heterocycles. The summed E-state index contributed by atoms with van der Waals surface area (Å²) in [4.78, 5) is 45.2. The fourth-order valence-corrected chi connectivity index (χ4v) is 3.14. The number of carbonyl (C=O) groups is 1. The largest absolute Gasteiger partial charge is 0.481 e. The maximum Gasteiger partial charge on any atom is 0.349 e. The van der Waals surface area contributed by atoms with Crippen LogP contribution in [-0.4, -0.2) is 37.6 Å². The molecule has 9 nitrogen and oxygen atoms in total. The van der Waals surface area contributed by atoms with Gasteiger partial charge in [-0.2, -0.15) is 4.98 Å². The zero-order chi connectivity index (χ0) is 19.6. The van der Waals surface area contributed by atoms with E-state index in [9.17, 15) is 14.4 Å². The molecule has 2 aliphatic heterocycles. The van der Waals surface area contributed by atoms with Crippen LogP contribution in [0, 0.1) is 6.92 Å². The summed E-state index contributed by atoms with van der Waals surface area (Å²) in [6.45, 7) is 3.06. The molecule has 2 aliphatic rings. The Morgan fingerprint density at radius 2 is 2.04 bits per heavy atom. The van der Waals surface area contributed by atoms with Gasteiger partial charge >= 0.3 is 11.7 Å². The van der Waals surface area contributed by atoms with E-state index >= 15 is 0 Å². The second kappa shape index (κ2) is 7.67. The van der Waals surface area contributed by atoms with E-state index in [4.69, 9.17) is 5.11 Å². The van der Waals surface area contributed by atoms with Gasteiger partial charge < -0.3 is 15.0 Å². The number of aryl methyl sites for hydroxylation is 2. The number of nitrogens with one attached hydrogen (secondary N) is 2. The Hall–Kier alpha value is -3.07. The number of rotatable bonds is 7. The third-order valence-corrected chi connectivity index (χ3v) is 4.46. The summed E-state index contributed by atoms with van der Waals surface area (Å²) in [5.74, 6) is -0.640. The molecule has 3 rings (SSSR count). The Balaban J connectivity index is 2.20. The number of carboxylic acids is 1. The molecule has 1 aromatic rings. The number of hydrogen-bond donors (Lipinski definition) is 3. The van der Waals surface area contributed by atoms with Gasteiger partial charge in [-0.3, -0.25) is 14.6 Å². The fraction of sp³-hybridized carbons (Fsp3) is 0.389. The summed E-state index contributed by atoms with van der Waals surface area (Å²) >= 11 is 0. The van der Waals surface area contributed by atoms with Crippen LogP contribution in [0.25, 0.3) is 22.6 Å². The van der Waals surface area contributed by atoms with Gasteiger partial charge in [0.25, 0.3) is 5.56 Å². The van der Waals surface area contributed by atoms with Gasteiger partial charge in [0.15, 0.2) is 11.5 Å². The summed E-state index contributed by atoms with van der Waals surface area (Å²) in [7, 11) is 1.85. The minimum Gasteiger partial charge on any atom is -0.481 e. The molecule has 0 aromatic heterocycles. The summed E-state index contributed by atoms with van der Waals surface area (Å²) in [5, 5.41) is 11.9. The predicted molar refractivity (Wildman–Crippen MR) is 100 cm³/mol. The SMILES string of the molecule is CNCc1cc2c(cc1C)nc1c(=O)[nH]c(=O)nc-1n2CCCCC(=O)O. The van der Waals surface area contributed by atoms with Gasteiger partial charge in [0, 0.05) is 19.5 Å². The monoisotopic (exact) mass is 371 g/mol. The second-order valence-corrected chi connectivity index (χ2v) is 6.46. The van der Waals surface area contributed by atoms with Crippen LogP contribution >= 0.6 is 0 Å². The Morgan fingerprint density at radius 3 is 2.74 bits per heavy atom. The first-order chi connectivity index (χ1) is 12.9. The van der Waals surface area contributed by atoms with E-state index in [1.807, 2.05) is 26.1 Å². The molecule has 0 bridgehead atoms. The molecular weight excluding hydrogens is 350 g/mol. The third-order valence-electron chi connectivity index (χ3n) is 4.46. The molecule has 0 radical (unpaired) electrons. The van der Waals surface area contributed by atoms with E-state index in [2.05, 4.69) is 20.3 Å². The van der Waals surface area contributed by atoms with Crippen LogP contribution in [-0.2, 0) is 17.9 Å². The molecule has 0 unspecified atom stereocenters. The lowest BCUT2D eigenvalue weighted by molar-refractivity contribution is -0.137. The molecule has 0 spiro atoms. The average Bonchev–Trinajstić information content (AvgIpc) is 2.59. The molecule has 27 heavy (non-hydrogen) atoms. The van der Waals surface area contributed by atoms with Crippen LogP contribution in [0.3, 0.4) is 0 Å². The number of unbranched alkanes of at least 4 members (excludes halogenated alkanes) is 1. The van der Waals surface area contributed by atoms with Crippen LogP contribution in [0.15, 0.2) is 21.7 Å². The summed E-state index contributed by atoms with van der Waals surface area (Å²) in [6, 6.07) is 3.87. The Kier molecular flexibility index (Phi) is 5.31. The molecule has 1 aromatic carbocycles. The third kappa shape index (κ3) is 3.87. The first kappa shape index (κ1) is 18.7. The molecule has 0 saturated carbocycles. The maximum atomic E-state index is 12.2. The lowest BCUT2D eigenvalue weighted by Gasteiger charge is -2.18. The molecule has 9 heteroatoms. The van der Waals surface area contributed by atoms with Crippen molar-refractivity contribution in [2.45, 2.75) is 39.3 Å². The number of aliphatic carboxylic acids is 1. The van der Waals surface area contributed by atoms with Gasteiger partial charge in [0.2, 0.25) is 0 Å². The predicted octanol–water partition coefficient (Wildman–Crippen LogP) is 0.867. The van der Waals surface area contributed by atoms with Crippen LogP contribution < -0.4 is 16.6 Å². The fourth-order valence-electron chi connectivity index (χ4n) is 3.14. The first-order valence-corrected chi connectivity index (χ1v) is 8.71. The number of benzene rings is 1. The summed E-state index contributed by atoms with van der Waals surface area (Å²) < 4.78 is 1.79. The normalized spacial score (nSPS) is 11.3. The second-order valence-electron chi connectivity index (χ2n) is 6.46. The van der Waals surface area contributed by atoms with Crippen LogP contribution in [0.2, 0.25) is 0 Å². The van der Waals surface area contributed by atoms with Crippen molar-refractivity contribution in [3.8, 4) is 11.5 Å². The van der Waals surface area contributed by atoms with Crippen molar-refractivity contribution in [3.05, 3.63) is 44.1 Å². The molecule has 0 fully saturated rings. The first-order valence-electron chi connectivity index (χ1n) is 8.71. The van der Waals surface area contributed by atoms with Crippen molar-refractivity contribution >= 4 is 17.0 Å². The van der Waals surface area contributed by atoms with Gasteiger partial charge in [-0.15, -0.1) is 0 Å². The number of aromatic nitrogens is 4. The Morgan fingerprint density at radius 1 is 1.26 bits per heavy atom. The number of H-pyrrole nitrogens is 1. The highest BCUT2D eigenvalue weighted by atomic mass is 16.4. The molecule has 0 atom stereocenters. The Labute approximate surface area is 154 Å². The van der Waals surface area contributed by atoms with E-state index in [-0.39, 0.29) is 17.9 Å². The van der Waals surface area contributed by atoms with Crippen molar-refractivity contribution in [2.75, 3.05) is 7.05 Å². The average molecular weight is 371 g/mol. The van der Waals surface area contributed by atoms with Gasteiger partial charge in [-0.25, -0.2) is 9.78 Å². The van der Waals surface area contributed by atoms with Crippen molar-refractivity contribution < 1.29 is 9.90 Å². The molecule has 2 heterocycles. The highest BCUT2D eigenvalue weighted by molar-refractivity contribution is 5.81. The molecule has 142 valence electrons. The number of hydrogen-bond acceptors (Lipinski definition) is 6. The topological polar surface area (TPSA) is 130 Å². The highest BCUT2D eigenvalue weighted by Gasteiger charge is 2.19. The van der Waals surface area contributed by atoms with E-state index in [0.717, 1.165) is 16.6 Å². The molecule has 0 amide bonds. The van der Waals surface area contributed by atoms with Gasteiger partial charge in [-0.05, 0) is 50.1 Å². The molecular formula is C18H21N5O4. The van der Waals surface area contributed by atoms with E-state index in [0.29, 0.717) is 31.4 Å². The van der Waals surface area contributed by atoms with Crippen molar-refractivity contribution in [1.29, 1.82) is 0 Å². The van der Waals surface area contributed by atoms with Gasteiger partial charge in [0.1, 0.15) is 0 Å². The van der Waals surface area contributed by atoms with Crippen LogP contribution in [0.5, 0.6) is 0 Å². The summed E-state index contributed by atoms with van der Waals surface area (Å²) in [5.41, 5.74) is 2.28. The van der Waals surface area contributed by atoms with Gasteiger partial charge in [0.05, 0.1) is 11.0 Å². The maximum absolute atomic E-state index is 12.2. The van der Waals surface area contributed by atoms with E-state index in [1.54, 1.807) is 4.57 Å². The minimum atomic E-state index is -0.854. The zero-order valence-corrected chi connectivity index (χ0v) is 15.2. The lowest BCUT2D eigenvalue weighted by atomic mass is 10.1. The molecule has 0 aliphatic carbocycles. The smallest absolute Gasteiger partial charge is 0.349 e. The van der Waals surface area contributed by atoms with Crippen molar-refractivity contribution in [3.63, 3.8) is 0 Å². The highest BCUT2D eigenvalue weighted by Crippen LogP contribution is 2.24. The van der Waals surface area contributed by atoms with E-state index in [1.165, 1.54) is 0 Å². The number of aromatic amines is 1. The minimum absolute atomic E-state index is 0.0619. The standard InChI is InChI=1S/C18H21N5O4/c1-10-7-12-13(8-11(10)9-19-2)23(6-4-3-5-14(24)25)16-15(20-12)17(26)22-18(27)21-16/h7-8,19H,3-6,9H2,1-2H3,(H,24,25)(H,22,26,27). The van der Waals surface area contributed by atoms with Crippen molar-refractivity contribution in [1.82, 2.24) is 24.8 Å². The zero-order valence-electron chi connectivity index (χ0n) is 15.2. The Bertz CT molecular complexity index is 1090. The van der Waals surface area contributed by atoms with Crippen LogP contribution in [0.1, 0.15) is 30.4 Å². The van der Waals surface area contributed by atoms with Crippen molar-refractivity contribution in [2.24, 2.45) is 0 Å². The summed E-state index contributed by atoms with van der Waals surface area (Å²) in [6.07, 6.45) is 1.12. The quantitative estimate of drug-likeness (QED) is 0.415. The van der Waals surface area contributed by atoms with E-state index < -0.39 is 17.2 Å². The number of carboxylic acid groups (broad SMARTS) is 1. The van der Waals surface area contributed by atoms with Gasteiger partial charge in [-0.1, -0.05) is 0 Å². The number of nitrogens with zero attached hydrogens (tertiary/aromatic N) is 3. The lowest BCUT2D eigenvalue weighted by Crippen LogP contribution is -2.29. The molecule has 3 N–H and O–H groups in total.